The van der Waals surface area contributed by atoms with E-state index in [4.69, 9.17) is 5.11 Å². The average molecular weight is 212 g/mol. The molecule has 0 radical (unpaired) electrons. The Morgan fingerprint density at radius 2 is 2.08 bits per heavy atom. The zero-order chi connectivity index (χ0) is 9.61. The van der Waals surface area contributed by atoms with Crippen LogP contribution in [0.4, 0.5) is 0 Å². The van der Waals surface area contributed by atoms with Crippen molar-refractivity contribution in [1.29, 1.82) is 0 Å². The Bertz CT molecular complexity index is 232. The molecule has 0 aliphatic carbocycles. The highest BCUT2D eigenvalue weighted by Gasteiger charge is 2.02. The molecule has 0 fully saturated rings. The molecule has 0 rings (SSSR count). The predicted octanol–water partition coefficient (Wildman–Crippen LogP) is 0.239. The SMILES string of the molecule is CS(=O)(=O)CCCSCC(=O)O. The van der Waals surface area contributed by atoms with Gasteiger partial charge < -0.3 is 5.11 Å². The highest BCUT2D eigenvalue weighted by Crippen LogP contribution is 2.02. The molecule has 0 aromatic heterocycles. The molecule has 0 saturated carbocycles. The molecule has 0 spiro atoms. The summed E-state index contributed by atoms with van der Waals surface area (Å²) in [4.78, 5) is 10.0. The second-order valence-electron chi connectivity index (χ2n) is 2.43. The Kier molecular flexibility index (Phi) is 5.32. The number of carbonyl (C=O) groups is 1. The van der Waals surface area contributed by atoms with Crippen molar-refractivity contribution in [1.82, 2.24) is 0 Å². The molecule has 12 heavy (non-hydrogen) atoms. The topological polar surface area (TPSA) is 71.4 Å². The van der Waals surface area contributed by atoms with E-state index in [1.165, 1.54) is 18.0 Å². The van der Waals surface area contributed by atoms with E-state index in [-0.39, 0.29) is 11.5 Å². The van der Waals surface area contributed by atoms with Gasteiger partial charge in [-0.05, 0) is 12.2 Å². The molecule has 0 aliphatic heterocycles. The smallest absolute Gasteiger partial charge is 0.313 e. The quantitative estimate of drug-likeness (QED) is 0.638. The maximum Gasteiger partial charge on any atom is 0.313 e. The second-order valence-corrected chi connectivity index (χ2v) is 5.79. The van der Waals surface area contributed by atoms with E-state index >= 15 is 0 Å². The first-order chi connectivity index (χ1) is 5.42. The van der Waals surface area contributed by atoms with Gasteiger partial charge in [0.2, 0.25) is 0 Å². The van der Waals surface area contributed by atoms with Gasteiger partial charge in [0.1, 0.15) is 9.84 Å². The highest BCUT2D eigenvalue weighted by atomic mass is 32.2. The van der Waals surface area contributed by atoms with E-state index in [1.807, 2.05) is 0 Å². The molecule has 0 atom stereocenters. The molecule has 0 amide bonds. The first kappa shape index (κ1) is 11.8. The zero-order valence-electron chi connectivity index (χ0n) is 6.82. The summed E-state index contributed by atoms with van der Waals surface area (Å²) >= 11 is 1.24. The van der Waals surface area contributed by atoms with E-state index in [0.717, 1.165) is 0 Å². The molecule has 0 aromatic carbocycles. The van der Waals surface area contributed by atoms with E-state index in [2.05, 4.69) is 0 Å². The van der Waals surface area contributed by atoms with Crippen molar-refractivity contribution in [2.24, 2.45) is 0 Å². The second kappa shape index (κ2) is 5.42. The minimum absolute atomic E-state index is 0.0454. The Morgan fingerprint density at radius 1 is 1.50 bits per heavy atom. The molecule has 0 bridgehead atoms. The number of carboxylic acids is 1. The van der Waals surface area contributed by atoms with Gasteiger partial charge in [-0.25, -0.2) is 8.42 Å². The van der Waals surface area contributed by atoms with Crippen LogP contribution in [0.5, 0.6) is 0 Å². The van der Waals surface area contributed by atoms with Gasteiger partial charge in [0, 0.05) is 6.26 Å². The first-order valence-electron chi connectivity index (χ1n) is 3.39. The number of hydrogen-bond donors (Lipinski definition) is 1. The lowest BCUT2D eigenvalue weighted by Gasteiger charge is -1.97. The molecule has 1 N–H and O–H groups in total. The number of hydrogen-bond acceptors (Lipinski definition) is 4. The fourth-order valence-electron chi connectivity index (χ4n) is 0.583. The van der Waals surface area contributed by atoms with Gasteiger partial charge in [-0.3, -0.25) is 4.79 Å². The van der Waals surface area contributed by atoms with Gasteiger partial charge in [0.05, 0.1) is 11.5 Å². The summed E-state index contributed by atoms with van der Waals surface area (Å²) in [5.41, 5.74) is 0. The lowest BCUT2D eigenvalue weighted by Crippen LogP contribution is -2.05. The lowest BCUT2D eigenvalue weighted by molar-refractivity contribution is -0.133. The van der Waals surface area contributed by atoms with Crippen molar-refractivity contribution in [3.8, 4) is 0 Å². The Balaban J connectivity index is 3.29. The van der Waals surface area contributed by atoms with E-state index < -0.39 is 15.8 Å². The third-order valence-electron chi connectivity index (χ3n) is 1.03. The molecule has 0 unspecified atom stereocenters. The normalized spacial score (nSPS) is 11.4. The van der Waals surface area contributed by atoms with Gasteiger partial charge in [-0.15, -0.1) is 0 Å². The molecule has 0 saturated heterocycles. The number of carboxylic acid groups (broad SMARTS) is 1. The highest BCUT2D eigenvalue weighted by molar-refractivity contribution is 8.00. The number of sulfone groups is 1. The van der Waals surface area contributed by atoms with Crippen molar-refractivity contribution in [2.45, 2.75) is 6.42 Å². The molecule has 0 heterocycles. The third kappa shape index (κ3) is 9.77. The molecular formula is C6H12O4S2. The summed E-state index contributed by atoms with van der Waals surface area (Å²) in [5, 5.41) is 8.23. The van der Waals surface area contributed by atoms with E-state index in [9.17, 15) is 13.2 Å². The van der Waals surface area contributed by atoms with Gasteiger partial charge >= 0.3 is 5.97 Å². The standard InChI is InChI=1S/C6H12O4S2/c1-12(9,10)4-2-3-11-5-6(7)8/h2-5H2,1H3,(H,7,8). The van der Waals surface area contributed by atoms with Crippen molar-refractivity contribution >= 4 is 27.6 Å². The maximum absolute atomic E-state index is 10.6. The largest absolute Gasteiger partial charge is 0.481 e. The minimum Gasteiger partial charge on any atom is -0.481 e. The molecule has 0 aromatic rings. The first-order valence-corrected chi connectivity index (χ1v) is 6.60. The van der Waals surface area contributed by atoms with Gasteiger partial charge in [-0.1, -0.05) is 0 Å². The van der Waals surface area contributed by atoms with Crippen LogP contribution in [0.25, 0.3) is 0 Å². The Hall–Kier alpha value is -0.230. The van der Waals surface area contributed by atoms with Crippen LogP contribution >= 0.6 is 11.8 Å². The lowest BCUT2D eigenvalue weighted by atomic mass is 10.6. The summed E-state index contributed by atoms with van der Waals surface area (Å²) < 4.78 is 21.2. The van der Waals surface area contributed by atoms with E-state index in [0.29, 0.717) is 12.2 Å². The van der Waals surface area contributed by atoms with Crippen LogP contribution in [-0.4, -0.2) is 43.0 Å². The monoisotopic (exact) mass is 212 g/mol. The number of aliphatic carboxylic acids is 1. The summed E-state index contributed by atoms with van der Waals surface area (Å²) in [6, 6.07) is 0. The average Bonchev–Trinajstić information content (AvgIpc) is 1.83. The Labute approximate surface area is 76.3 Å². The van der Waals surface area contributed by atoms with Crippen molar-refractivity contribution < 1.29 is 18.3 Å². The van der Waals surface area contributed by atoms with Crippen LogP contribution in [-0.2, 0) is 14.6 Å². The van der Waals surface area contributed by atoms with Crippen LogP contribution in [0.3, 0.4) is 0 Å². The molecule has 4 nitrogen and oxygen atoms in total. The van der Waals surface area contributed by atoms with Gasteiger partial charge in [0.25, 0.3) is 0 Å². The zero-order valence-corrected chi connectivity index (χ0v) is 8.45. The third-order valence-corrected chi connectivity index (χ3v) is 3.09. The summed E-state index contributed by atoms with van der Waals surface area (Å²) in [6.07, 6.45) is 1.70. The minimum atomic E-state index is -2.89. The van der Waals surface area contributed by atoms with E-state index in [1.54, 1.807) is 0 Å². The number of thioether (sulfide) groups is 1. The Morgan fingerprint density at radius 3 is 2.50 bits per heavy atom. The fourth-order valence-corrected chi connectivity index (χ4v) is 2.10. The number of rotatable bonds is 6. The fraction of sp³-hybridized carbons (Fsp3) is 0.833. The maximum atomic E-state index is 10.6. The van der Waals surface area contributed by atoms with Gasteiger partial charge in [0.15, 0.2) is 0 Å². The summed E-state index contributed by atoms with van der Waals surface area (Å²) in [5.74, 6) is -0.0951. The van der Waals surface area contributed by atoms with Crippen LogP contribution in [0.1, 0.15) is 6.42 Å². The van der Waals surface area contributed by atoms with Crippen molar-refractivity contribution in [2.75, 3.05) is 23.5 Å². The van der Waals surface area contributed by atoms with Crippen LogP contribution < -0.4 is 0 Å². The predicted molar refractivity (Wildman–Crippen MR) is 49.3 cm³/mol. The van der Waals surface area contributed by atoms with Gasteiger partial charge in [-0.2, -0.15) is 11.8 Å². The summed E-state index contributed by atoms with van der Waals surface area (Å²) in [7, 11) is -2.89. The van der Waals surface area contributed by atoms with Crippen LogP contribution in [0, 0.1) is 0 Å². The van der Waals surface area contributed by atoms with Crippen molar-refractivity contribution in [3.05, 3.63) is 0 Å². The molecule has 6 heteroatoms. The molecular weight excluding hydrogens is 200 g/mol. The van der Waals surface area contributed by atoms with Crippen LogP contribution in [0.2, 0.25) is 0 Å². The summed E-state index contributed by atoms with van der Waals surface area (Å²) in [6.45, 7) is 0. The van der Waals surface area contributed by atoms with Crippen molar-refractivity contribution in [3.63, 3.8) is 0 Å². The molecule has 0 aliphatic rings. The molecule has 72 valence electrons. The van der Waals surface area contributed by atoms with Crippen LogP contribution in [0.15, 0.2) is 0 Å².